The highest BCUT2D eigenvalue weighted by Gasteiger charge is 2.14. The van der Waals surface area contributed by atoms with E-state index in [0.29, 0.717) is 18.5 Å². The van der Waals surface area contributed by atoms with E-state index in [1.807, 2.05) is 0 Å². The molecule has 0 radical (unpaired) electrons. The number of phenols is 2. The zero-order valence-corrected chi connectivity index (χ0v) is 16.2. The maximum Gasteiger partial charge on any atom is 0.273 e. The van der Waals surface area contributed by atoms with Crippen molar-refractivity contribution in [2.75, 3.05) is 13.2 Å². The number of amides is 1. The van der Waals surface area contributed by atoms with Crippen LogP contribution in [0.25, 0.3) is 0 Å². The maximum atomic E-state index is 11.7. The molecular formula is C20H19N3O8. The summed E-state index contributed by atoms with van der Waals surface area (Å²) in [7, 11) is 0. The zero-order chi connectivity index (χ0) is 22.2. The highest BCUT2D eigenvalue weighted by atomic mass is 16.6. The van der Waals surface area contributed by atoms with Crippen molar-refractivity contribution >= 4 is 11.6 Å². The van der Waals surface area contributed by atoms with Gasteiger partial charge in [0.1, 0.15) is 29.3 Å². The smallest absolute Gasteiger partial charge is 0.273 e. The van der Waals surface area contributed by atoms with Gasteiger partial charge in [0.05, 0.1) is 17.1 Å². The van der Waals surface area contributed by atoms with Crippen LogP contribution in [0.4, 0.5) is 5.69 Å². The molecule has 3 N–H and O–H groups in total. The average Bonchev–Trinajstić information content (AvgIpc) is 3.27. The number of nitrogens with zero attached hydrogens (tertiary/aromatic N) is 2. The average molecular weight is 429 g/mol. The van der Waals surface area contributed by atoms with Crippen LogP contribution in [-0.2, 0) is 11.3 Å². The number of non-ortho nitro benzene ring substituents is 1. The van der Waals surface area contributed by atoms with Crippen LogP contribution < -0.4 is 10.1 Å². The first kappa shape index (κ1) is 21.6. The van der Waals surface area contributed by atoms with Crippen molar-refractivity contribution in [2.45, 2.75) is 13.0 Å². The summed E-state index contributed by atoms with van der Waals surface area (Å²) in [4.78, 5) is 22.0. The SMILES string of the molecule is O=C(NCCCOCc1c(O)cc(O)cc1Oc1ccc([N+](=O)[O-])cc1)c1ccon1. The molecule has 3 rings (SSSR count). The molecule has 1 heterocycles. The Bertz CT molecular complexity index is 1040. The number of aromatic hydroxyl groups is 2. The molecule has 0 atom stereocenters. The van der Waals surface area contributed by atoms with E-state index in [1.165, 1.54) is 42.7 Å². The highest BCUT2D eigenvalue weighted by molar-refractivity contribution is 5.91. The molecule has 0 unspecified atom stereocenters. The van der Waals surface area contributed by atoms with Gasteiger partial charge in [-0.25, -0.2) is 0 Å². The van der Waals surface area contributed by atoms with Crippen LogP contribution >= 0.6 is 0 Å². The second-order valence-corrected chi connectivity index (χ2v) is 6.34. The van der Waals surface area contributed by atoms with Gasteiger partial charge in [-0.05, 0) is 18.6 Å². The van der Waals surface area contributed by atoms with E-state index in [4.69, 9.17) is 9.47 Å². The van der Waals surface area contributed by atoms with Crippen molar-refractivity contribution in [3.05, 3.63) is 70.1 Å². The van der Waals surface area contributed by atoms with Gasteiger partial charge in [0.2, 0.25) is 0 Å². The summed E-state index contributed by atoms with van der Waals surface area (Å²) in [5.74, 6) is -0.369. The van der Waals surface area contributed by atoms with Gasteiger partial charge in [-0.2, -0.15) is 0 Å². The van der Waals surface area contributed by atoms with Gasteiger partial charge in [0.15, 0.2) is 5.69 Å². The lowest BCUT2D eigenvalue weighted by Crippen LogP contribution is -2.25. The van der Waals surface area contributed by atoms with Crippen molar-refractivity contribution in [1.29, 1.82) is 0 Å². The number of carbonyl (C=O) groups is 1. The van der Waals surface area contributed by atoms with E-state index in [2.05, 4.69) is 15.0 Å². The second kappa shape index (κ2) is 10.1. The third-order valence-corrected chi connectivity index (χ3v) is 4.11. The number of nitrogens with one attached hydrogen (secondary N) is 1. The molecule has 3 aromatic rings. The van der Waals surface area contributed by atoms with Crippen LogP contribution in [0.1, 0.15) is 22.5 Å². The molecule has 1 aromatic heterocycles. The molecule has 11 nitrogen and oxygen atoms in total. The highest BCUT2D eigenvalue weighted by Crippen LogP contribution is 2.36. The van der Waals surface area contributed by atoms with E-state index < -0.39 is 4.92 Å². The van der Waals surface area contributed by atoms with Crippen LogP contribution in [0.2, 0.25) is 0 Å². The summed E-state index contributed by atoms with van der Waals surface area (Å²) < 4.78 is 15.8. The molecule has 31 heavy (non-hydrogen) atoms. The van der Waals surface area contributed by atoms with E-state index in [1.54, 1.807) is 0 Å². The van der Waals surface area contributed by atoms with Crippen LogP contribution in [0.15, 0.2) is 53.3 Å². The van der Waals surface area contributed by atoms with Gasteiger partial charge < -0.3 is 29.5 Å². The predicted molar refractivity (Wildman–Crippen MR) is 106 cm³/mol. The Hall–Kier alpha value is -4.12. The maximum absolute atomic E-state index is 11.7. The number of phenolic OH excluding ortho intramolecular Hbond substituents is 2. The fraction of sp³-hybridized carbons (Fsp3) is 0.200. The molecule has 0 aliphatic carbocycles. The largest absolute Gasteiger partial charge is 0.508 e. The van der Waals surface area contributed by atoms with Crippen molar-refractivity contribution < 1.29 is 33.9 Å². The monoisotopic (exact) mass is 429 g/mol. The molecular weight excluding hydrogens is 410 g/mol. The molecule has 0 aliphatic heterocycles. The number of hydrogen-bond donors (Lipinski definition) is 3. The van der Waals surface area contributed by atoms with Gasteiger partial charge >= 0.3 is 0 Å². The zero-order valence-electron chi connectivity index (χ0n) is 16.2. The van der Waals surface area contributed by atoms with E-state index >= 15 is 0 Å². The van der Waals surface area contributed by atoms with Gasteiger partial charge in [-0.3, -0.25) is 14.9 Å². The molecule has 0 bridgehead atoms. The lowest BCUT2D eigenvalue weighted by molar-refractivity contribution is -0.384. The normalized spacial score (nSPS) is 10.6. The van der Waals surface area contributed by atoms with Crippen molar-refractivity contribution in [3.63, 3.8) is 0 Å². The number of carbonyl (C=O) groups excluding carboxylic acids is 1. The minimum atomic E-state index is -0.530. The molecule has 162 valence electrons. The Kier molecular flexibility index (Phi) is 7.01. The van der Waals surface area contributed by atoms with Gasteiger partial charge in [-0.1, -0.05) is 5.16 Å². The lowest BCUT2D eigenvalue weighted by atomic mass is 10.1. The topological polar surface area (TPSA) is 157 Å². The van der Waals surface area contributed by atoms with E-state index in [-0.39, 0.29) is 53.5 Å². The number of aromatic nitrogens is 1. The molecule has 0 saturated heterocycles. The lowest BCUT2D eigenvalue weighted by Gasteiger charge is -2.14. The van der Waals surface area contributed by atoms with Crippen molar-refractivity contribution in [3.8, 4) is 23.0 Å². The summed E-state index contributed by atoms with van der Waals surface area (Å²) in [6, 6.07) is 9.27. The van der Waals surface area contributed by atoms with E-state index in [0.717, 1.165) is 6.07 Å². The van der Waals surface area contributed by atoms with Crippen LogP contribution in [0.5, 0.6) is 23.0 Å². The molecule has 0 spiro atoms. The number of rotatable bonds is 10. The van der Waals surface area contributed by atoms with Gasteiger partial charge in [-0.15, -0.1) is 0 Å². The Balaban J connectivity index is 1.54. The van der Waals surface area contributed by atoms with Crippen LogP contribution in [0, 0.1) is 10.1 Å². The summed E-state index contributed by atoms with van der Waals surface area (Å²) in [5, 5.41) is 36.9. The standard InChI is InChI=1S/C20H19N3O8/c24-14-10-18(25)16(12-29-8-1-7-21-20(26)17-6-9-30-22-17)19(11-14)31-15-4-2-13(3-5-15)23(27)28/h2-6,9-11,24-25H,1,7-8,12H2,(H,21,26). The Morgan fingerprint density at radius 2 is 1.97 bits per heavy atom. The Morgan fingerprint density at radius 3 is 2.65 bits per heavy atom. The summed E-state index contributed by atoms with van der Waals surface area (Å²) in [5.41, 5.74) is 0.385. The Morgan fingerprint density at radius 1 is 1.19 bits per heavy atom. The number of hydrogen-bond acceptors (Lipinski definition) is 9. The quantitative estimate of drug-likeness (QED) is 0.250. The number of ether oxygens (including phenoxy) is 2. The fourth-order valence-corrected chi connectivity index (χ4v) is 2.59. The van der Waals surface area contributed by atoms with Crippen molar-refractivity contribution in [2.24, 2.45) is 0 Å². The molecule has 11 heteroatoms. The summed E-state index contributed by atoms with van der Waals surface area (Å²) in [6.45, 7) is 0.599. The third kappa shape index (κ3) is 5.93. The van der Waals surface area contributed by atoms with Gasteiger partial charge in [0.25, 0.3) is 11.6 Å². The summed E-state index contributed by atoms with van der Waals surface area (Å²) >= 11 is 0. The number of nitro benzene ring substituents is 1. The number of nitro groups is 1. The molecule has 0 aliphatic rings. The number of benzene rings is 2. The first-order chi connectivity index (χ1) is 14.9. The minimum Gasteiger partial charge on any atom is -0.508 e. The Labute approximate surface area is 176 Å². The fourth-order valence-electron chi connectivity index (χ4n) is 2.59. The van der Waals surface area contributed by atoms with Crippen molar-refractivity contribution in [1.82, 2.24) is 10.5 Å². The third-order valence-electron chi connectivity index (χ3n) is 4.11. The summed E-state index contributed by atoms with van der Waals surface area (Å²) in [6.07, 6.45) is 1.81. The molecule has 1 amide bonds. The van der Waals surface area contributed by atoms with E-state index in [9.17, 15) is 25.1 Å². The predicted octanol–water partition coefficient (Wildman–Crippen LogP) is 3.12. The first-order valence-corrected chi connectivity index (χ1v) is 9.17. The molecule has 0 saturated carbocycles. The second-order valence-electron chi connectivity index (χ2n) is 6.34. The minimum absolute atomic E-state index is 0.0222. The molecule has 0 fully saturated rings. The van der Waals surface area contributed by atoms with Gasteiger partial charge in [0, 0.05) is 43.5 Å². The van der Waals surface area contributed by atoms with Crippen LogP contribution in [0.3, 0.4) is 0 Å². The molecule has 2 aromatic carbocycles. The van der Waals surface area contributed by atoms with Crippen LogP contribution in [-0.4, -0.2) is 39.4 Å². The first-order valence-electron chi connectivity index (χ1n) is 9.17.